The zero-order chi connectivity index (χ0) is 18.6. The van der Waals surface area contributed by atoms with Gasteiger partial charge in [-0.25, -0.2) is 0 Å². The van der Waals surface area contributed by atoms with Crippen LogP contribution in [0.3, 0.4) is 0 Å². The van der Waals surface area contributed by atoms with E-state index >= 15 is 0 Å². The van der Waals surface area contributed by atoms with E-state index in [0.717, 1.165) is 28.1 Å². The van der Waals surface area contributed by atoms with Crippen LogP contribution < -0.4 is 10.6 Å². The number of carbonyl (C=O) groups is 1. The molecule has 2 aromatic carbocycles. The number of hydrogen-bond donors (Lipinski definition) is 2. The first-order valence-electron chi connectivity index (χ1n) is 7.91. The molecule has 1 amide bonds. The molecule has 0 fully saturated rings. The van der Waals surface area contributed by atoms with Gasteiger partial charge in [-0.05, 0) is 62.3 Å². The highest BCUT2D eigenvalue weighted by atomic mass is 35.5. The lowest BCUT2D eigenvalue weighted by Crippen LogP contribution is -2.37. The average molecular weight is 376 g/mol. The van der Waals surface area contributed by atoms with Gasteiger partial charge >= 0.3 is 0 Å². The number of amides is 1. The molecular weight excluding hydrogens is 354 g/mol. The lowest BCUT2D eigenvalue weighted by molar-refractivity contribution is -0.116. The summed E-state index contributed by atoms with van der Waals surface area (Å²) in [6.07, 6.45) is 0. The fraction of sp³-hybridized carbons (Fsp3) is 0.263. The second-order valence-electron chi connectivity index (χ2n) is 6.14. The molecule has 0 aromatic heterocycles. The minimum atomic E-state index is -0.137. The van der Waals surface area contributed by atoms with Crippen LogP contribution in [0.25, 0.3) is 0 Å². The van der Waals surface area contributed by atoms with E-state index in [0.29, 0.717) is 10.1 Å². The van der Waals surface area contributed by atoms with Gasteiger partial charge in [0.05, 0.1) is 17.3 Å². The van der Waals surface area contributed by atoms with Gasteiger partial charge in [-0.2, -0.15) is 0 Å². The van der Waals surface area contributed by atoms with Crippen LogP contribution in [0.4, 0.5) is 11.4 Å². The molecule has 2 N–H and O–H groups in total. The molecule has 2 rings (SSSR count). The quantitative estimate of drug-likeness (QED) is 0.770. The highest BCUT2D eigenvalue weighted by molar-refractivity contribution is 7.80. The maximum absolute atomic E-state index is 12.2. The second-order valence-corrected chi connectivity index (χ2v) is 6.93. The molecule has 0 bridgehead atoms. The van der Waals surface area contributed by atoms with Crippen molar-refractivity contribution in [2.75, 3.05) is 24.2 Å². The molecule has 0 spiro atoms. The van der Waals surface area contributed by atoms with Crippen LogP contribution in [0.15, 0.2) is 36.4 Å². The zero-order valence-corrected chi connectivity index (χ0v) is 16.4. The smallest absolute Gasteiger partial charge is 0.243 e. The van der Waals surface area contributed by atoms with Gasteiger partial charge in [-0.1, -0.05) is 35.4 Å². The van der Waals surface area contributed by atoms with E-state index in [1.54, 1.807) is 11.9 Å². The summed E-state index contributed by atoms with van der Waals surface area (Å²) in [5.41, 5.74) is 4.77. The Morgan fingerprint density at radius 1 is 1.08 bits per heavy atom. The Morgan fingerprint density at radius 3 is 2.32 bits per heavy atom. The topological polar surface area (TPSA) is 44.4 Å². The largest absolute Gasteiger partial charge is 0.343 e. The van der Waals surface area contributed by atoms with Crippen LogP contribution in [-0.2, 0) is 4.79 Å². The van der Waals surface area contributed by atoms with Crippen molar-refractivity contribution in [3.8, 4) is 0 Å². The molecule has 0 aliphatic carbocycles. The van der Waals surface area contributed by atoms with Crippen LogP contribution in [0.1, 0.15) is 16.7 Å². The summed E-state index contributed by atoms with van der Waals surface area (Å²) >= 11 is 11.7. The number of anilines is 2. The van der Waals surface area contributed by atoms with Crippen molar-refractivity contribution in [2.24, 2.45) is 0 Å². The van der Waals surface area contributed by atoms with Gasteiger partial charge < -0.3 is 15.5 Å². The Balaban J connectivity index is 1.96. The van der Waals surface area contributed by atoms with Crippen molar-refractivity contribution in [1.82, 2.24) is 4.90 Å². The molecule has 132 valence electrons. The van der Waals surface area contributed by atoms with Gasteiger partial charge in [-0.15, -0.1) is 0 Å². The molecule has 0 atom stereocenters. The Kier molecular flexibility index (Phi) is 6.39. The maximum Gasteiger partial charge on any atom is 0.243 e. The number of likely N-dealkylation sites (N-methyl/N-ethyl adjacent to an activating group) is 1. The fourth-order valence-corrected chi connectivity index (χ4v) is 2.94. The third-order valence-corrected chi connectivity index (χ3v) is 4.44. The average Bonchev–Trinajstić information content (AvgIpc) is 2.52. The maximum atomic E-state index is 12.2. The summed E-state index contributed by atoms with van der Waals surface area (Å²) in [6, 6.07) is 11.6. The van der Waals surface area contributed by atoms with Crippen LogP contribution in [-0.4, -0.2) is 29.5 Å². The summed E-state index contributed by atoms with van der Waals surface area (Å²) < 4.78 is 0. The normalized spacial score (nSPS) is 10.3. The molecule has 25 heavy (non-hydrogen) atoms. The third kappa shape index (κ3) is 5.44. The number of nitrogens with zero attached hydrogens (tertiary/aromatic N) is 1. The minimum absolute atomic E-state index is 0.137. The lowest BCUT2D eigenvalue weighted by atomic mass is 10.1. The van der Waals surface area contributed by atoms with Crippen LogP contribution >= 0.6 is 23.8 Å². The lowest BCUT2D eigenvalue weighted by Gasteiger charge is -2.22. The van der Waals surface area contributed by atoms with Gasteiger partial charge in [0.25, 0.3) is 0 Å². The molecule has 0 unspecified atom stereocenters. The molecule has 4 nitrogen and oxygen atoms in total. The van der Waals surface area contributed by atoms with Crippen molar-refractivity contribution in [1.29, 1.82) is 0 Å². The van der Waals surface area contributed by atoms with E-state index in [-0.39, 0.29) is 12.5 Å². The monoisotopic (exact) mass is 375 g/mol. The molecule has 6 heteroatoms. The number of nitrogens with one attached hydrogen (secondary N) is 2. The summed E-state index contributed by atoms with van der Waals surface area (Å²) in [7, 11) is 1.77. The first-order valence-corrected chi connectivity index (χ1v) is 8.70. The summed E-state index contributed by atoms with van der Waals surface area (Å²) in [5.74, 6) is -0.137. The highest BCUT2D eigenvalue weighted by Crippen LogP contribution is 2.27. The highest BCUT2D eigenvalue weighted by Gasteiger charge is 2.13. The summed E-state index contributed by atoms with van der Waals surface area (Å²) in [4.78, 5) is 13.9. The molecule has 0 radical (unpaired) electrons. The van der Waals surface area contributed by atoms with E-state index < -0.39 is 0 Å². The van der Waals surface area contributed by atoms with Crippen LogP contribution in [0.5, 0.6) is 0 Å². The number of aryl methyl sites for hydroxylation is 3. The Labute approximate surface area is 159 Å². The van der Waals surface area contributed by atoms with E-state index in [4.69, 9.17) is 23.8 Å². The third-order valence-electron chi connectivity index (χ3n) is 3.73. The molecule has 0 heterocycles. The number of hydrogen-bond acceptors (Lipinski definition) is 2. The van der Waals surface area contributed by atoms with E-state index in [1.165, 1.54) is 0 Å². The van der Waals surface area contributed by atoms with E-state index in [1.807, 2.05) is 57.2 Å². The standard InChI is InChI=1S/C19H22ClN3OS/c1-12-5-7-15(8-6-12)21-17(24)11-23(4)19(25)22-18-14(3)9-13(2)10-16(18)20/h5-10H,11H2,1-4H3,(H,21,24)(H,22,25). The first kappa shape index (κ1) is 19.2. The van der Waals surface area contributed by atoms with Gasteiger partial charge in [0.15, 0.2) is 5.11 Å². The Hall–Kier alpha value is -2.11. The zero-order valence-electron chi connectivity index (χ0n) is 14.8. The summed E-state index contributed by atoms with van der Waals surface area (Å²) in [6.45, 7) is 6.10. The van der Waals surface area contributed by atoms with Crippen molar-refractivity contribution < 1.29 is 4.79 Å². The van der Waals surface area contributed by atoms with Gasteiger partial charge in [-0.3, -0.25) is 4.79 Å². The van der Waals surface area contributed by atoms with E-state index in [9.17, 15) is 4.79 Å². The molecule has 0 saturated carbocycles. The van der Waals surface area contributed by atoms with Crippen molar-refractivity contribution in [2.45, 2.75) is 20.8 Å². The molecule has 2 aromatic rings. The van der Waals surface area contributed by atoms with Crippen molar-refractivity contribution in [3.05, 3.63) is 58.1 Å². The number of rotatable bonds is 4. The Morgan fingerprint density at radius 2 is 1.72 bits per heavy atom. The van der Waals surface area contributed by atoms with Crippen molar-refractivity contribution >= 4 is 46.2 Å². The molecule has 0 saturated heterocycles. The van der Waals surface area contributed by atoms with Gasteiger partial charge in [0, 0.05) is 12.7 Å². The van der Waals surface area contributed by atoms with Crippen LogP contribution in [0, 0.1) is 20.8 Å². The van der Waals surface area contributed by atoms with Crippen molar-refractivity contribution in [3.63, 3.8) is 0 Å². The number of thiocarbonyl (C=S) groups is 1. The predicted molar refractivity (Wildman–Crippen MR) is 110 cm³/mol. The second kappa shape index (κ2) is 8.32. The Bertz CT molecular complexity index is 767. The molecule has 0 aliphatic rings. The number of halogens is 1. The predicted octanol–water partition coefficient (Wildman–Crippen LogP) is 4.53. The fourth-order valence-electron chi connectivity index (χ4n) is 2.40. The minimum Gasteiger partial charge on any atom is -0.343 e. The van der Waals surface area contributed by atoms with Gasteiger partial charge in [0.2, 0.25) is 5.91 Å². The molecule has 0 aliphatic heterocycles. The number of carbonyl (C=O) groups excluding carboxylic acids is 1. The van der Waals surface area contributed by atoms with Gasteiger partial charge in [0.1, 0.15) is 0 Å². The first-order chi connectivity index (χ1) is 11.8. The summed E-state index contributed by atoms with van der Waals surface area (Å²) in [5, 5.41) is 7.03. The molecular formula is C19H22ClN3OS. The SMILES string of the molecule is Cc1ccc(NC(=O)CN(C)C(=S)Nc2c(C)cc(C)cc2Cl)cc1. The number of benzene rings is 2. The van der Waals surface area contributed by atoms with E-state index in [2.05, 4.69) is 10.6 Å². The van der Waals surface area contributed by atoms with Crippen LogP contribution in [0.2, 0.25) is 5.02 Å².